The van der Waals surface area contributed by atoms with Gasteiger partial charge in [0, 0.05) is 13.2 Å². The first-order valence-corrected chi connectivity index (χ1v) is 4.14. The predicted octanol–water partition coefficient (Wildman–Crippen LogP) is 1.24. The van der Waals surface area contributed by atoms with Crippen LogP contribution in [0.4, 0.5) is 5.69 Å². The Labute approximate surface area is 86.2 Å². The molecule has 0 radical (unpaired) electrons. The van der Waals surface area contributed by atoms with Gasteiger partial charge in [0.2, 0.25) is 5.75 Å². The van der Waals surface area contributed by atoms with Crippen LogP contribution in [-0.4, -0.2) is 24.2 Å². The number of benzene rings is 1. The topological polar surface area (TPSA) is 81.8 Å². The number of nitro benzene ring substituents is 1. The predicted molar refractivity (Wildman–Crippen MR) is 51.6 cm³/mol. The van der Waals surface area contributed by atoms with Crippen LogP contribution < -0.4 is 4.74 Å². The highest BCUT2D eigenvalue weighted by molar-refractivity contribution is 5.52. The van der Waals surface area contributed by atoms with E-state index in [9.17, 15) is 15.2 Å². The van der Waals surface area contributed by atoms with Gasteiger partial charge in [-0.1, -0.05) is 6.07 Å². The number of methoxy groups -OCH3 is 2. The van der Waals surface area contributed by atoms with Gasteiger partial charge in [-0.3, -0.25) is 10.1 Å². The molecule has 1 N–H and O–H groups in total. The zero-order valence-corrected chi connectivity index (χ0v) is 8.34. The van der Waals surface area contributed by atoms with Crippen molar-refractivity contribution in [2.24, 2.45) is 0 Å². The molecule has 1 atom stereocenters. The number of aliphatic hydroxyl groups excluding tert-OH is 1. The molecule has 0 aliphatic heterocycles. The number of nitrogens with zero attached hydrogens (tertiary/aromatic N) is 1. The normalized spacial score (nSPS) is 12.2. The zero-order chi connectivity index (χ0) is 11.4. The summed E-state index contributed by atoms with van der Waals surface area (Å²) in [5, 5.41) is 20.1. The summed E-state index contributed by atoms with van der Waals surface area (Å²) in [7, 11) is 2.59. The van der Waals surface area contributed by atoms with Crippen molar-refractivity contribution >= 4 is 5.69 Å². The SMILES string of the molecule is COc1c(C(O)OC)cccc1[N+](=O)[O-]. The summed E-state index contributed by atoms with van der Waals surface area (Å²) >= 11 is 0. The van der Waals surface area contributed by atoms with E-state index in [4.69, 9.17) is 4.74 Å². The molecule has 0 aliphatic rings. The molecule has 0 amide bonds. The average Bonchev–Trinajstić information content (AvgIpc) is 2.26. The van der Waals surface area contributed by atoms with E-state index in [1.807, 2.05) is 0 Å². The summed E-state index contributed by atoms with van der Waals surface area (Å²) in [4.78, 5) is 10.1. The van der Waals surface area contributed by atoms with Crippen LogP contribution in [0.25, 0.3) is 0 Å². The molecule has 82 valence electrons. The fourth-order valence-electron chi connectivity index (χ4n) is 1.23. The molecule has 0 aliphatic carbocycles. The van der Waals surface area contributed by atoms with Crippen molar-refractivity contribution in [2.45, 2.75) is 6.29 Å². The molecule has 0 fully saturated rings. The molecular formula is C9H11NO5. The van der Waals surface area contributed by atoms with Gasteiger partial charge in [-0.25, -0.2) is 0 Å². The zero-order valence-electron chi connectivity index (χ0n) is 8.34. The maximum atomic E-state index is 10.6. The van der Waals surface area contributed by atoms with E-state index in [1.165, 1.54) is 32.4 Å². The molecule has 0 spiro atoms. The number of hydrogen-bond acceptors (Lipinski definition) is 5. The fraction of sp³-hybridized carbons (Fsp3) is 0.333. The number of ether oxygens (including phenoxy) is 2. The summed E-state index contributed by atoms with van der Waals surface area (Å²) in [5.74, 6) is 0.0110. The highest BCUT2D eigenvalue weighted by Gasteiger charge is 2.22. The lowest BCUT2D eigenvalue weighted by Crippen LogP contribution is -2.04. The summed E-state index contributed by atoms with van der Waals surface area (Å²) in [6.07, 6.45) is -1.24. The molecule has 0 saturated carbocycles. The van der Waals surface area contributed by atoms with E-state index in [1.54, 1.807) is 0 Å². The first-order valence-electron chi connectivity index (χ1n) is 4.14. The standard InChI is InChI=1S/C9H11NO5/c1-14-8-6(9(11)15-2)4-3-5-7(8)10(12)13/h3-5,9,11H,1-2H3. The Morgan fingerprint density at radius 2 is 2.13 bits per heavy atom. The van der Waals surface area contributed by atoms with E-state index in [2.05, 4.69) is 4.74 Å². The molecule has 0 aromatic heterocycles. The second-order valence-corrected chi connectivity index (χ2v) is 2.74. The Morgan fingerprint density at radius 1 is 1.47 bits per heavy atom. The molecule has 1 aromatic carbocycles. The number of para-hydroxylation sites is 1. The third-order valence-corrected chi connectivity index (χ3v) is 1.91. The highest BCUT2D eigenvalue weighted by Crippen LogP contribution is 2.34. The van der Waals surface area contributed by atoms with E-state index >= 15 is 0 Å². The molecule has 0 saturated heterocycles. The first-order chi connectivity index (χ1) is 7.11. The molecule has 1 unspecified atom stereocenters. The van der Waals surface area contributed by atoms with Crippen molar-refractivity contribution in [1.29, 1.82) is 0 Å². The minimum Gasteiger partial charge on any atom is -0.490 e. The van der Waals surface area contributed by atoms with Gasteiger partial charge in [0.15, 0.2) is 6.29 Å². The Morgan fingerprint density at radius 3 is 2.60 bits per heavy atom. The van der Waals surface area contributed by atoms with Crippen molar-refractivity contribution in [3.05, 3.63) is 33.9 Å². The lowest BCUT2D eigenvalue weighted by molar-refractivity contribution is -0.385. The molecule has 6 nitrogen and oxygen atoms in total. The third kappa shape index (κ3) is 2.23. The fourth-order valence-corrected chi connectivity index (χ4v) is 1.23. The Balaban J connectivity index is 3.28. The van der Waals surface area contributed by atoms with Gasteiger partial charge >= 0.3 is 5.69 Å². The number of rotatable bonds is 4. The van der Waals surface area contributed by atoms with Crippen LogP contribution in [0.15, 0.2) is 18.2 Å². The van der Waals surface area contributed by atoms with Crippen LogP contribution in [0.5, 0.6) is 5.75 Å². The van der Waals surface area contributed by atoms with E-state index in [-0.39, 0.29) is 17.0 Å². The van der Waals surface area contributed by atoms with Gasteiger partial charge < -0.3 is 14.6 Å². The van der Waals surface area contributed by atoms with E-state index < -0.39 is 11.2 Å². The Hall–Kier alpha value is -1.66. The van der Waals surface area contributed by atoms with E-state index in [0.29, 0.717) is 0 Å². The maximum Gasteiger partial charge on any atom is 0.311 e. The van der Waals surface area contributed by atoms with Crippen molar-refractivity contribution in [2.75, 3.05) is 14.2 Å². The van der Waals surface area contributed by atoms with Gasteiger partial charge in [-0.05, 0) is 6.07 Å². The quantitative estimate of drug-likeness (QED) is 0.462. The Kier molecular flexibility index (Phi) is 3.59. The first kappa shape index (κ1) is 11.4. The minimum atomic E-state index is -1.24. The highest BCUT2D eigenvalue weighted by atomic mass is 16.6. The van der Waals surface area contributed by atoms with Crippen molar-refractivity contribution in [3.63, 3.8) is 0 Å². The smallest absolute Gasteiger partial charge is 0.311 e. The number of aliphatic hydroxyl groups is 1. The number of nitro groups is 1. The molecule has 1 rings (SSSR count). The van der Waals surface area contributed by atoms with Gasteiger partial charge in [0.25, 0.3) is 0 Å². The molecule has 0 bridgehead atoms. The van der Waals surface area contributed by atoms with Crippen molar-refractivity contribution < 1.29 is 19.5 Å². The van der Waals surface area contributed by atoms with E-state index in [0.717, 1.165) is 0 Å². The summed E-state index contributed by atoms with van der Waals surface area (Å²) in [5.41, 5.74) is 0.0281. The van der Waals surface area contributed by atoms with Crippen LogP contribution in [-0.2, 0) is 4.74 Å². The van der Waals surface area contributed by atoms with Crippen LogP contribution >= 0.6 is 0 Å². The van der Waals surface area contributed by atoms with Gasteiger partial charge in [0.1, 0.15) is 0 Å². The second-order valence-electron chi connectivity index (χ2n) is 2.74. The van der Waals surface area contributed by atoms with Gasteiger partial charge in [-0.2, -0.15) is 0 Å². The van der Waals surface area contributed by atoms with Crippen LogP contribution in [0.3, 0.4) is 0 Å². The minimum absolute atomic E-state index is 0.0110. The van der Waals surface area contributed by atoms with Crippen molar-refractivity contribution in [1.82, 2.24) is 0 Å². The largest absolute Gasteiger partial charge is 0.490 e. The maximum absolute atomic E-state index is 10.6. The van der Waals surface area contributed by atoms with Crippen LogP contribution in [0.2, 0.25) is 0 Å². The van der Waals surface area contributed by atoms with Crippen LogP contribution in [0, 0.1) is 10.1 Å². The second kappa shape index (κ2) is 4.72. The molecule has 1 aromatic rings. The van der Waals surface area contributed by atoms with Gasteiger partial charge in [-0.15, -0.1) is 0 Å². The molecule has 6 heteroatoms. The summed E-state index contributed by atoms with van der Waals surface area (Å²) in [6, 6.07) is 4.25. The van der Waals surface area contributed by atoms with Crippen LogP contribution in [0.1, 0.15) is 11.9 Å². The molecule has 15 heavy (non-hydrogen) atoms. The molecule has 0 heterocycles. The summed E-state index contributed by atoms with van der Waals surface area (Å²) < 4.78 is 9.55. The third-order valence-electron chi connectivity index (χ3n) is 1.91. The Bertz CT molecular complexity index is 366. The van der Waals surface area contributed by atoms with Gasteiger partial charge in [0.05, 0.1) is 17.6 Å². The lowest BCUT2D eigenvalue weighted by atomic mass is 10.1. The average molecular weight is 213 g/mol. The lowest BCUT2D eigenvalue weighted by Gasteiger charge is -2.12. The van der Waals surface area contributed by atoms with Crippen molar-refractivity contribution in [3.8, 4) is 5.75 Å². The monoisotopic (exact) mass is 213 g/mol. The molecular weight excluding hydrogens is 202 g/mol. The number of hydrogen-bond donors (Lipinski definition) is 1. The summed E-state index contributed by atoms with van der Waals surface area (Å²) in [6.45, 7) is 0.